The predicted molar refractivity (Wildman–Crippen MR) is 240 cm³/mol. The molecule has 12 nitrogen and oxygen atoms in total. The molecule has 0 fully saturated rings. The van der Waals surface area contributed by atoms with E-state index >= 15 is 0 Å². The van der Waals surface area contributed by atoms with Crippen LogP contribution >= 0.6 is 35.3 Å². The fraction of sp³-hybridized carbons (Fsp3) is 0.846. The molecule has 4 heterocycles. The van der Waals surface area contributed by atoms with Gasteiger partial charge in [-0.25, -0.2) is 0 Å². The highest BCUT2D eigenvalue weighted by Gasteiger charge is 2.47. The Bertz CT molecular complexity index is 1370. The molecule has 3 atom stereocenters. The van der Waals surface area contributed by atoms with Crippen molar-refractivity contribution < 1.29 is 0 Å². The molecule has 54 heavy (non-hydrogen) atoms. The van der Waals surface area contributed by atoms with E-state index in [2.05, 4.69) is 156 Å². The molecule has 0 radical (unpaired) electrons. The van der Waals surface area contributed by atoms with Crippen molar-refractivity contribution in [2.75, 3.05) is 54.4 Å². The van der Waals surface area contributed by atoms with Crippen molar-refractivity contribution in [3.63, 3.8) is 0 Å². The van der Waals surface area contributed by atoms with Gasteiger partial charge in [0.05, 0.1) is 31.7 Å². The molecule has 15 heteroatoms. The van der Waals surface area contributed by atoms with Gasteiger partial charge in [-0.2, -0.15) is 15.0 Å². The van der Waals surface area contributed by atoms with Gasteiger partial charge in [-0.3, -0.25) is 29.7 Å². The number of nitrogens with zero attached hydrogens (tertiary/aromatic N) is 9. The molecule has 0 aromatic carbocycles. The van der Waals surface area contributed by atoms with Gasteiger partial charge in [0.1, 0.15) is 17.0 Å². The first kappa shape index (κ1) is 45.1. The Morgan fingerprint density at radius 2 is 0.667 bits per heavy atom. The van der Waals surface area contributed by atoms with Crippen molar-refractivity contribution in [3.05, 3.63) is 0 Å². The third kappa shape index (κ3) is 10.3. The van der Waals surface area contributed by atoms with E-state index < -0.39 is 0 Å². The lowest BCUT2D eigenvalue weighted by Gasteiger charge is -2.36. The summed E-state index contributed by atoms with van der Waals surface area (Å²) in [4.78, 5) is 36.8. The van der Waals surface area contributed by atoms with Crippen LogP contribution in [0.4, 0.5) is 17.8 Å². The maximum atomic E-state index is 5.05. The van der Waals surface area contributed by atoms with E-state index in [4.69, 9.17) is 29.9 Å². The van der Waals surface area contributed by atoms with Crippen LogP contribution in [-0.4, -0.2) is 135 Å². The molecule has 1 aromatic rings. The van der Waals surface area contributed by atoms with Gasteiger partial charge in [-0.05, 0) is 144 Å². The average molecular weight is 805 g/mol. The van der Waals surface area contributed by atoms with Crippen molar-refractivity contribution in [2.45, 2.75) is 175 Å². The number of anilines is 3. The van der Waals surface area contributed by atoms with E-state index in [1.807, 2.05) is 35.3 Å². The summed E-state index contributed by atoms with van der Waals surface area (Å²) >= 11 is 5.57. The SMILES string of the molecule is CC(CCSC1=NC(C)(C)N(C)C1(C)C)Nc1nc(NC(C)CCSC2=NC(C)(C)N(C)C2(C)C)nc(NC(C)CCSC2=NC(C)(C)N(C)C2(C)C)n1. The lowest BCUT2D eigenvalue weighted by molar-refractivity contribution is 0.121. The maximum absolute atomic E-state index is 5.05. The zero-order valence-electron chi connectivity index (χ0n) is 36.7. The normalized spacial score (nSPS) is 24.4. The van der Waals surface area contributed by atoms with Gasteiger partial charge in [-0.15, -0.1) is 35.3 Å². The van der Waals surface area contributed by atoms with Gasteiger partial charge >= 0.3 is 0 Å². The zero-order chi connectivity index (χ0) is 40.7. The molecular formula is C39H72N12S3. The van der Waals surface area contributed by atoms with Gasteiger partial charge in [0.2, 0.25) is 17.8 Å². The van der Waals surface area contributed by atoms with E-state index in [1.165, 1.54) is 15.1 Å². The average Bonchev–Trinajstić information content (AvgIpc) is 3.38. The first-order valence-electron chi connectivity index (χ1n) is 19.7. The van der Waals surface area contributed by atoms with E-state index in [9.17, 15) is 0 Å². The minimum atomic E-state index is -0.192. The molecule has 306 valence electrons. The highest BCUT2D eigenvalue weighted by atomic mass is 32.2. The highest BCUT2D eigenvalue weighted by Crippen LogP contribution is 2.40. The van der Waals surface area contributed by atoms with Crippen LogP contribution in [0.25, 0.3) is 0 Å². The minimum Gasteiger partial charge on any atom is -0.352 e. The standard InChI is InChI=1S/C39H72N12S3/c1-25(19-22-52-28-34(4,5)49(16)37(10,11)46-28)40-31-43-32(41-26(2)20-23-53-29-35(6,7)50(17)38(12,13)47-29)45-33(44-31)42-27(3)21-24-54-30-36(8,9)51(18)39(14,15)48-30/h25-27H,19-24H2,1-18H3,(H3,40,41,42,43,44,45). The quantitative estimate of drug-likeness (QED) is 0.158. The molecular weight excluding hydrogens is 733 g/mol. The molecule has 3 N–H and O–H groups in total. The van der Waals surface area contributed by atoms with Crippen LogP contribution in [0.15, 0.2) is 15.0 Å². The van der Waals surface area contributed by atoms with Crippen LogP contribution in [0, 0.1) is 0 Å². The van der Waals surface area contributed by atoms with Gasteiger partial charge in [0, 0.05) is 35.4 Å². The fourth-order valence-corrected chi connectivity index (χ4v) is 11.3. The Morgan fingerprint density at radius 1 is 0.444 bits per heavy atom. The van der Waals surface area contributed by atoms with Gasteiger partial charge in [0.25, 0.3) is 0 Å². The molecule has 3 aliphatic heterocycles. The first-order chi connectivity index (χ1) is 24.7. The smallest absolute Gasteiger partial charge is 0.229 e. The Labute approximate surface area is 340 Å². The summed E-state index contributed by atoms with van der Waals surface area (Å²) in [7, 11) is 6.48. The summed E-state index contributed by atoms with van der Waals surface area (Å²) in [5.74, 6) is 4.60. The summed E-state index contributed by atoms with van der Waals surface area (Å²) in [5, 5.41) is 14.3. The number of nitrogens with one attached hydrogen (secondary N) is 3. The summed E-state index contributed by atoms with van der Waals surface area (Å²) in [6.45, 7) is 33.2. The van der Waals surface area contributed by atoms with E-state index in [0.717, 1.165) is 36.5 Å². The molecule has 0 bridgehead atoms. The molecule has 4 rings (SSSR count). The van der Waals surface area contributed by atoms with Crippen LogP contribution in [0.1, 0.15) is 123 Å². The van der Waals surface area contributed by atoms with E-state index in [0.29, 0.717) is 17.8 Å². The van der Waals surface area contributed by atoms with Crippen LogP contribution in [-0.2, 0) is 0 Å². The number of aromatic nitrogens is 3. The second kappa shape index (κ2) is 16.7. The van der Waals surface area contributed by atoms with Crippen LogP contribution in [0.2, 0.25) is 0 Å². The van der Waals surface area contributed by atoms with E-state index in [-0.39, 0.29) is 51.7 Å². The Kier molecular flexibility index (Phi) is 13.9. The minimum absolute atomic E-state index is 0.0774. The second-order valence-corrected chi connectivity index (χ2v) is 21.7. The molecule has 0 amide bonds. The number of rotatable bonds is 15. The molecule has 0 aliphatic carbocycles. The van der Waals surface area contributed by atoms with Gasteiger partial charge < -0.3 is 16.0 Å². The van der Waals surface area contributed by atoms with Crippen molar-refractivity contribution in [1.82, 2.24) is 29.7 Å². The number of thioether (sulfide) groups is 3. The molecule has 0 spiro atoms. The number of hydrogen-bond donors (Lipinski definition) is 3. The van der Waals surface area contributed by atoms with Crippen molar-refractivity contribution in [3.8, 4) is 0 Å². The van der Waals surface area contributed by atoms with E-state index in [1.54, 1.807) is 0 Å². The molecule has 3 aliphatic rings. The molecule has 1 aromatic heterocycles. The Morgan fingerprint density at radius 3 is 0.852 bits per heavy atom. The lowest BCUT2D eigenvalue weighted by Crippen LogP contribution is -2.48. The van der Waals surface area contributed by atoms with Crippen molar-refractivity contribution in [2.24, 2.45) is 15.0 Å². The summed E-state index contributed by atoms with van der Waals surface area (Å²) in [5.41, 5.74) is -0.807. The number of aliphatic imine (C=N–C) groups is 3. The number of hydrogen-bond acceptors (Lipinski definition) is 15. The largest absolute Gasteiger partial charge is 0.352 e. The Hall–Kier alpha value is -1.65. The highest BCUT2D eigenvalue weighted by molar-refractivity contribution is 8.14. The molecule has 0 saturated heterocycles. The van der Waals surface area contributed by atoms with Crippen LogP contribution in [0.5, 0.6) is 0 Å². The second-order valence-electron chi connectivity index (χ2n) is 18.4. The first-order valence-corrected chi connectivity index (χ1v) is 22.6. The molecule has 0 saturated carbocycles. The summed E-state index contributed by atoms with van der Waals surface area (Å²) in [6, 6.07) is 0.486. The lowest BCUT2D eigenvalue weighted by atomic mass is 10.0. The van der Waals surface area contributed by atoms with Crippen LogP contribution in [0.3, 0.4) is 0 Å². The van der Waals surface area contributed by atoms with Crippen molar-refractivity contribution >= 4 is 68.3 Å². The van der Waals surface area contributed by atoms with Crippen LogP contribution < -0.4 is 16.0 Å². The predicted octanol–water partition coefficient (Wildman–Crippen LogP) is 8.22. The third-order valence-corrected chi connectivity index (χ3v) is 15.7. The summed E-state index contributed by atoms with van der Waals surface area (Å²) in [6.07, 6.45) is 2.84. The fourth-order valence-electron chi connectivity index (χ4n) is 6.93. The van der Waals surface area contributed by atoms with Gasteiger partial charge in [-0.1, -0.05) is 0 Å². The van der Waals surface area contributed by atoms with Crippen molar-refractivity contribution in [1.29, 1.82) is 0 Å². The topological polar surface area (TPSA) is 122 Å². The monoisotopic (exact) mass is 805 g/mol. The summed E-state index contributed by atoms with van der Waals surface area (Å²) < 4.78 is 0. The zero-order valence-corrected chi connectivity index (χ0v) is 39.2. The Balaban J connectivity index is 1.40. The van der Waals surface area contributed by atoms with Gasteiger partial charge in [0.15, 0.2) is 0 Å². The maximum Gasteiger partial charge on any atom is 0.229 e. The molecule has 3 unspecified atom stereocenters. The third-order valence-electron chi connectivity index (χ3n) is 11.8.